The lowest BCUT2D eigenvalue weighted by atomic mass is 10.3. The monoisotopic (exact) mass is 304 g/mol. The Morgan fingerprint density at radius 2 is 1.81 bits per heavy atom. The molecule has 0 radical (unpaired) electrons. The van der Waals surface area contributed by atoms with Gasteiger partial charge in [-0.15, -0.1) is 0 Å². The normalized spacial score (nSPS) is 11.5. The van der Waals surface area contributed by atoms with E-state index in [4.69, 9.17) is 17.0 Å². The van der Waals surface area contributed by atoms with Crippen LogP contribution in [-0.4, -0.2) is 17.8 Å². The largest absolute Gasteiger partial charge is 0.491 e. The number of rotatable bonds is 5. The molecule has 0 unspecified atom stereocenters. The maximum absolute atomic E-state index is 12.8. The first-order valence-electron chi connectivity index (χ1n) is 6.64. The lowest BCUT2D eigenvalue weighted by Crippen LogP contribution is -2.39. The third kappa shape index (κ3) is 5.39. The second-order valence-corrected chi connectivity index (χ2v) is 5.04. The summed E-state index contributed by atoms with van der Waals surface area (Å²) >= 11 is 5.20. The number of anilines is 1. The number of para-hydroxylation sites is 1. The lowest BCUT2D eigenvalue weighted by Gasteiger charge is -2.17. The molecule has 3 nitrogen and oxygen atoms in total. The smallest absolute Gasteiger partial charge is 0.171 e. The maximum atomic E-state index is 12.8. The average Bonchev–Trinajstić information content (AvgIpc) is 2.48. The van der Waals surface area contributed by atoms with Crippen LogP contribution in [0.1, 0.15) is 6.92 Å². The van der Waals surface area contributed by atoms with Gasteiger partial charge in [0.1, 0.15) is 18.2 Å². The molecule has 0 aliphatic rings. The van der Waals surface area contributed by atoms with Crippen molar-refractivity contribution >= 4 is 23.0 Å². The van der Waals surface area contributed by atoms with E-state index in [-0.39, 0.29) is 11.9 Å². The van der Waals surface area contributed by atoms with Gasteiger partial charge in [-0.2, -0.15) is 0 Å². The molecular formula is C16H17FN2OS. The van der Waals surface area contributed by atoms with Gasteiger partial charge < -0.3 is 15.4 Å². The van der Waals surface area contributed by atoms with E-state index in [0.29, 0.717) is 11.7 Å². The molecule has 0 saturated heterocycles. The predicted octanol–water partition coefficient (Wildman–Crippen LogP) is 3.58. The number of benzene rings is 2. The van der Waals surface area contributed by atoms with Gasteiger partial charge in [0, 0.05) is 5.69 Å². The Hall–Kier alpha value is -2.14. The Kier molecular flexibility index (Phi) is 5.51. The summed E-state index contributed by atoms with van der Waals surface area (Å²) in [4.78, 5) is 0. The first-order chi connectivity index (χ1) is 10.1. The molecule has 21 heavy (non-hydrogen) atoms. The molecule has 1 atom stereocenters. The van der Waals surface area contributed by atoms with Crippen LogP contribution in [0.3, 0.4) is 0 Å². The molecule has 2 N–H and O–H groups in total. The van der Waals surface area contributed by atoms with E-state index in [0.717, 1.165) is 11.4 Å². The van der Waals surface area contributed by atoms with Crippen LogP contribution in [0.2, 0.25) is 0 Å². The third-order valence-electron chi connectivity index (χ3n) is 2.72. The van der Waals surface area contributed by atoms with E-state index in [2.05, 4.69) is 10.6 Å². The topological polar surface area (TPSA) is 33.3 Å². The summed E-state index contributed by atoms with van der Waals surface area (Å²) in [6, 6.07) is 15.7. The quantitative estimate of drug-likeness (QED) is 0.827. The summed E-state index contributed by atoms with van der Waals surface area (Å²) in [6.07, 6.45) is 0. The van der Waals surface area contributed by atoms with Crippen molar-refractivity contribution in [3.8, 4) is 5.75 Å². The highest BCUT2D eigenvalue weighted by atomic mass is 32.1. The standard InChI is InChI=1S/C16H17FN2OS/c1-12(11-20-15-5-3-2-4-6-15)18-16(21)19-14-9-7-13(17)8-10-14/h2-10,12H,11H2,1H3,(H2,18,19,21)/t12-/m1/s1. The van der Waals surface area contributed by atoms with Crippen molar-refractivity contribution in [2.24, 2.45) is 0 Å². The number of nitrogens with one attached hydrogen (secondary N) is 2. The number of halogens is 1. The highest BCUT2D eigenvalue weighted by molar-refractivity contribution is 7.80. The summed E-state index contributed by atoms with van der Waals surface area (Å²) in [5, 5.41) is 6.59. The SMILES string of the molecule is C[C@H](COc1ccccc1)NC(=S)Nc1ccc(F)cc1. The molecule has 0 heterocycles. The van der Waals surface area contributed by atoms with Crippen molar-refractivity contribution in [2.45, 2.75) is 13.0 Å². The number of hydrogen-bond donors (Lipinski definition) is 2. The molecule has 0 fully saturated rings. The van der Waals surface area contributed by atoms with Crippen molar-refractivity contribution in [2.75, 3.05) is 11.9 Å². The van der Waals surface area contributed by atoms with Crippen LogP contribution in [0.4, 0.5) is 10.1 Å². The zero-order valence-electron chi connectivity index (χ0n) is 11.7. The Balaban J connectivity index is 1.75. The van der Waals surface area contributed by atoms with E-state index < -0.39 is 0 Å². The Morgan fingerprint density at radius 1 is 1.14 bits per heavy atom. The number of thiocarbonyl (C=S) groups is 1. The lowest BCUT2D eigenvalue weighted by molar-refractivity contribution is 0.287. The van der Waals surface area contributed by atoms with Crippen molar-refractivity contribution in [1.29, 1.82) is 0 Å². The summed E-state index contributed by atoms with van der Waals surface area (Å²) in [7, 11) is 0. The fraction of sp³-hybridized carbons (Fsp3) is 0.188. The van der Waals surface area contributed by atoms with E-state index in [1.165, 1.54) is 12.1 Å². The van der Waals surface area contributed by atoms with Crippen molar-refractivity contribution in [3.63, 3.8) is 0 Å². The van der Waals surface area contributed by atoms with E-state index in [9.17, 15) is 4.39 Å². The zero-order chi connectivity index (χ0) is 15.1. The summed E-state index contributed by atoms with van der Waals surface area (Å²) in [5.74, 6) is 0.549. The van der Waals surface area contributed by atoms with Gasteiger partial charge in [-0.1, -0.05) is 18.2 Å². The van der Waals surface area contributed by atoms with Crippen molar-refractivity contribution < 1.29 is 9.13 Å². The van der Waals surface area contributed by atoms with Crippen LogP contribution in [0.5, 0.6) is 5.75 Å². The van der Waals surface area contributed by atoms with Crippen molar-refractivity contribution in [3.05, 3.63) is 60.4 Å². The molecule has 0 bridgehead atoms. The van der Waals surface area contributed by atoms with Crippen LogP contribution < -0.4 is 15.4 Å². The molecule has 2 aromatic carbocycles. The molecular weight excluding hydrogens is 287 g/mol. The fourth-order valence-electron chi connectivity index (χ4n) is 1.70. The molecule has 2 aromatic rings. The zero-order valence-corrected chi connectivity index (χ0v) is 12.5. The number of ether oxygens (including phenoxy) is 1. The molecule has 5 heteroatoms. The summed E-state index contributed by atoms with van der Waals surface area (Å²) in [5.41, 5.74) is 0.741. The van der Waals surface area contributed by atoms with Gasteiger partial charge in [-0.05, 0) is 55.5 Å². The molecule has 0 spiro atoms. The van der Waals surface area contributed by atoms with Gasteiger partial charge >= 0.3 is 0 Å². The summed E-state index contributed by atoms with van der Waals surface area (Å²) < 4.78 is 18.4. The van der Waals surface area contributed by atoms with E-state index >= 15 is 0 Å². The predicted molar refractivity (Wildman–Crippen MR) is 87.2 cm³/mol. The molecule has 0 aromatic heterocycles. The molecule has 0 aliphatic carbocycles. The Morgan fingerprint density at radius 3 is 2.48 bits per heavy atom. The highest BCUT2D eigenvalue weighted by Crippen LogP contribution is 2.09. The highest BCUT2D eigenvalue weighted by Gasteiger charge is 2.05. The molecule has 0 aliphatic heterocycles. The van der Waals surface area contributed by atoms with Gasteiger partial charge in [0.25, 0.3) is 0 Å². The van der Waals surface area contributed by atoms with Gasteiger partial charge in [0.15, 0.2) is 5.11 Å². The second-order valence-electron chi connectivity index (χ2n) is 4.63. The maximum Gasteiger partial charge on any atom is 0.171 e. The average molecular weight is 304 g/mol. The second kappa shape index (κ2) is 7.59. The molecule has 110 valence electrons. The van der Waals surface area contributed by atoms with Crippen LogP contribution in [-0.2, 0) is 0 Å². The minimum absolute atomic E-state index is 0.0469. The van der Waals surface area contributed by atoms with E-state index in [1.807, 2.05) is 37.3 Å². The van der Waals surface area contributed by atoms with Crippen LogP contribution >= 0.6 is 12.2 Å². The van der Waals surface area contributed by atoms with Crippen LogP contribution in [0.15, 0.2) is 54.6 Å². The minimum atomic E-state index is -0.274. The first-order valence-corrected chi connectivity index (χ1v) is 7.05. The third-order valence-corrected chi connectivity index (χ3v) is 2.94. The van der Waals surface area contributed by atoms with Gasteiger partial charge in [0.2, 0.25) is 0 Å². The van der Waals surface area contributed by atoms with Crippen LogP contribution in [0, 0.1) is 5.82 Å². The fourth-order valence-corrected chi connectivity index (χ4v) is 2.02. The molecule has 0 amide bonds. The summed E-state index contributed by atoms with van der Waals surface area (Å²) in [6.45, 7) is 2.47. The molecule has 0 saturated carbocycles. The Bertz CT molecular complexity index is 575. The van der Waals surface area contributed by atoms with Crippen molar-refractivity contribution in [1.82, 2.24) is 5.32 Å². The van der Waals surface area contributed by atoms with Gasteiger partial charge in [-0.25, -0.2) is 4.39 Å². The number of hydrogen-bond acceptors (Lipinski definition) is 2. The Labute approximate surface area is 129 Å². The minimum Gasteiger partial charge on any atom is -0.491 e. The van der Waals surface area contributed by atoms with E-state index in [1.54, 1.807) is 12.1 Å². The van der Waals surface area contributed by atoms with Gasteiger partial charge in [0.05, 0.1) is 6.04 Å². The molecule has 2 rings (SSSR count). The first kappa shape index (κ1) is 15.3. The van der Waals surface area contributed by atoms with Crippen LogP contribution in [0.25, 0.3) is 0 Å². The van der Waals surface area contributed by atoms with Gasteiger partial charge in [-0.3, -0.25) is 0 Å².